The molecule has 0 unspecified atom stereocenters. The van der Waals surface area contributed by atoms with Crippen LogP contribution in [0.3, 0.4) is 0 Å². The number of H-pyrrole nitrogens is 1. The van der Waals surface area contributed by atoms with Gasteiger partial charge < -0.3 is 10.1 Å². The average Bonchev–Trinajstić information content (AvgIpc) is 3.61. The number of benzene rings is 2. The Labute approximate surface area is 182 Å². The van der Waals surface area contributed by atoms with Crippen LogP contribution in [0.2, 0.25) is 0 Å². The summed E-state index contributed by atoms with van der Waals surface area (Å²) in [5.74, 6) is 0.818. The lowest BCUT2D eigenvalue weighted by molar-refractivity contribution is 0.0980. The van der Waals surface area contributed by atoms with Crippen LogP contribution in [0.4, 0.5) is 0 Å². The van der Waals surface area contributed by atoms with Crippen molar-refractivity contribution < 1.29 is 5.11 Å². The van der Waals surface area contributed by atoms with Gasteiger partial charge in [0.05, 0.1) is 22.8 Å². The van der Waals surface area contributed by atoms with Crippen molar-refractivity contribution in [2.24, 2.45) is 0 Å². The highest BCUT2D eigenvalue weighted by Gasteiger charge is 2.48. The number of aliphatic hydroxyl groups is 1. The largest absolute Gasteiger partial charge is 0.392 e. The molecule has 2 aromatic carbocycles. The Balaban J connectivity index is 1.26. The molecule has 1 saturated carbocycles. The molecule has 31 heavy (non-hydrogen) atoms. The van der Waals surface area contributed by atoms with Crippen molar-refractivity contribution in [2.75, 3.05) is 13.1 Å². The second kappa shape index (κ2) is 8.40. The lowest BCUT2D eigenvalue weighted by Gasteiger charge is -2.30. The highest BCUT2D eigenvalue weighted by atomic mass is 16.3. The molecule has 2 heterocycles. The standard InChI is InChI=1S/C26H29N3O2/c30-21(12-11-19-7-3-1-4-8-19)17-29-16-13-23-22(18-29)24(31)28-25(27-23)26(14-15-26)20-9-5-2-6-10-20/h1-10,21,30H,11-18H2,(H,27,28,31)/t21-/m1/s1. The first-order valence-corrected chi connectivity index (χ1v) is 11.3. The first kappa shape index (κ1) is 20.2. The van der Waals surface area contributed by atoms with Crippen LogP contribution >= 0.6 is 0 Å². The van der Waals surface area contributed by atoms with Crippen molar-refractivity contribution in [3.63, 3.8) is 0 Å². The lowest BCUT2D eigenvalue weighted by atomic mass is 9.94. The third-order valence-electron chi connectivity index (χ3n) is 6.76. The summed E-state index contributed by atoms with van der Waals surface area (Å²) in [6.45, 7) is 1.96. The quantitative estimate of drug-likeness (QED) is 0.622. The van der Waals surface area contributed by atoms with E-state index in [-0.39, 0.29) is 11.0 Å². The molecule has 0 radical (unpaired) electrons. The maximum absolute atomic E-state index is 12.9. The number of aliphatic hydroxyl groups excluding tert-OH is 1. The molecule has 5 heteroatoms. The van der Waals surface area contributed by atoms with E-state index in [0.717, 1.165) is 55.7 Å². The van der Waals surface area contributed by atoms with E-state index in [2.05, 4.69) is 34.1 Å². The summed E-state index contributed by atoms with van der Waals surface area (Å²) >= 11 is 0. The summed E-state index contributed by atoms with van der Waals surface area (Å²) in [7, 11) is 0. The number of fused-ring (bicyclic) bond motifs is 1. The normalized spacial score (nSPS) is 18.4. The molecule has 1 fully saturated rings. The van der Waals surface area contributed by atoms with E-state index in [4.69, 9.17) is 4.98 Å². The maximum atomic E-state index is 12.9. The molecule has 1 atom stereocenters. The zero-order valence-electron chi connectivity index (χ0n) is 17.8. The number of aromatic amines is 1. The van der Waals surface area contributed by atoms with Gasteiger partial charge in [-0.15, -0.1) is 0 Å². The molecule has 0 bridgehead atoms. The Morgan fingerprint density at radius 1 is 1.06 bits per heavy atom. The SMILES string of the molecule is O=c1[nH]c(C2(c3ccccc3)CC2)nc2c1CN(C[C@H](O)CCc1ccccc1)CC2. The van der Waals surface area contributed by atoms with Gasteiger partial charge >= 0.3 is 0 Å². The van der Waals surface area contributed by atoms with Crippen LogP contribution in [0.5, 0.6) is 0 Å². The fourth-order valence-corrected chi connectivity index (χ4v) is 4.78. The Kier molecular flexibility index (Phi) is 5.47. The van der Waals surface area contributed by atoms with Gasteiger partial charge in [0.25, 0.3) is 5.56 Å². The summed E-state index contributed by atoms with van der Waals surface area (Å²) in [6.07, 6.45) is 3.99. The summed E-state index contributed by atoms with van der Waals surface area (Å²) in [5.41, 5.74) is 4.01. The third kappa shape index (κ3) is 4.21. The molecule has 160 valence electrons. The van der Waals surface area contributed by atoms with E-state index in [0.29, 0.717) is 13.1 Å². The molecular weight excluding hydrogens is 386 g/mol. The Bertz CT molecular complexity index is 1090. The number of hydrogen-bond donors (Lipinski definition) is 2. The molecule has 1 aliphatic carbocycles. The topological polar surface area (TPSA) is 69.2 Å². The molecule has 2 aliphatic rings. The molecule has 3 aromatic rings. The fraction of sp³-hybridized carbons (Fsp3) is 0.385. The van der Waals surface area contributed by atoms with Gasteiger partial charge in [0, 0.05) is 26.1 Å². The lowest BCUT2D eigenvalue weighted by Crippen LogP contribution is -2.40. The Morgan fingerprint density at radius 3 is 2.48 bits per heavy atom. The average molecular weight is 416 g/mol. The van der Waals surface area contributed by atoms with Crippen LogP contribution in [-0.2, 0) is 24.8 Å². The van der Waals surface area contributed by atoms with Crippen molar-refractivity contribution in [1.29, 1.82) is 0 Å². The van der Waals surface area contributed by atoms with Gasteiger partial charge in [-0.05, 0) is 36.8 Å². The first-order valence-electron chi connectivity index (χ1n) is 11.3. The molecule has 1 aromatic heterocycles. The number of aryl methyl sites for hydroxylation is 1. The van der Waals surface area contributed by atoms with E-state index < -0.39 is 6.10 Å². The number of nitrogens with zero attached hydrogens (tertiary/aromatic N) is 2. The highest BCUT2D eigenvalue weighted by Crippen LogP contribution is 2.51. The van der Waals surface area contributed by atoms with Gasteiger partial charge in [-0.1, -0.05) is 60.7 Å². The second-order valence-corrected chi connectivity index (χ2v) is 8.95. The zero-order valence-corrected chi connectivity index (χ0v) is 17.8. The van der Waals surface area contributed by atoms with Crippen LogP contribution in [0.1, 0.15) is 47.5 Å². The van der Waals surface area contributed by atoms with E-state index >= 15 is 0 Å². The zero-order chi connectivity index (χ0) is 21.3. The van der Waals surface area contributed by atoms with Crippen LogP contribution in [0.25, 0.3) is 0 Å². The predicted molar refractivity (Wildman–Crippen MR) is 121 cm³/mol. The number of aromatic nitrogens is 2. The molecule has 2 N–H and O–H groups in total. The van der Waals surface area contributed by atoms with Crippen molar-refractivity contribution in [1.82, 2.24) is 14.9 Å². The summed E-state index contributed by atoms with van der Waals surface area (Å²) < 4.78 is 0. The molecule has 5 nitrogen and oxygen atoms in total. The third-order valence-corrected chi connectivity index (χ3v) is 6.76. The number of hydrogen-bond acceptors (Lipinski definition) is 4. The van der Waals surface area contributed by atoms with Gasteiger partial charge in [-0.3, -0.25) is 9.69 Å². The predicted octanol–water partition coefficient (Wildman–Crippen LogP) is 3.20. The van der Waals surface area contributed by atoms with Gasteiger partial charge in [0.15, 0.2) is 0 Å². The maximum Gasteiger partial charge on any atom is 0.255 e. The number of rotatable bonds is 7. The van der Waals surface area contributed by atoms with Gasteiger partial charge in [-0.2, -0.15) is 0 Å². The van der Waals surface area contributed by atoms with E-state index in [9.17, 15) is 9.90 Å². The van der Waals surface area contributed by atoms with Gasteiger partial charge in [-0.25, -0.2) is 4.98 Å². The van der Waals surface area contributed by atoms with Crippen molar-refractivity contribution >= 4 is 0 Å². The van der Waals surface area contributed by atoms with Crippen LogP contribution in [-0.4, -0.2) is 39.2 Å². The van der Waals surface area contributed by atoms with E-state index in [1.165, 1.54) is 11.1 Å². The molecule has 0 spiro atoms. The molecule has 0 amide bonds. The number of nitrogens with one attached hydrogen (secondary N) is 1. The van der Waals surface area contributed by atoms with Crippen LogP contribution < -0.4 is 5.56 Å². The minimum Gasteiger partial charge on any atom is -0.392 e. The first-order chi connectivity index (χ1) is 15.1. The van der Waals surface area contributed by atoms with Crippen molar-refractivity contribution in [3.05, 3.63) is 99.2 Å². The van der Waals surface area contributed by atoms with Gasteiger partial charge in [0.2, 0.25) is 0 Å². The van der Waals surface area contributed by atoms with Gasteiger partial charge in [0.1, 0.15) is 5.82 Å². The monoisotopic (exact) mass is 415 g/mol. The second-order valence-electron chi connectivity index (χ2n) is 8.95. The van der Waals surface area contributed by atoms with E-state index in [1.54, 1.807) is 0 Å². The van der Waals surface area contributed by atoms with Crippen molar-refractivity contribution in [2.45, 2.75) is 50.2 Å². The summed E-state index contributed by atoms with van der Waals surface area (Å²) in [4.78, 5) is 23.2. The highest BCUT2D eigenvalue weighted by molar-refractivity contribution is 5.40. The molecule has 5 rings (SSSR count). The van der Waals surface area contributed by atoms with Crippen LogP contribution in [0, 0.1) is 0 Å². The minimum absolute atomic E-state index is 0.0225. The van der Waals surface area contributed by atoms with Crippen LogP contribution in [0.15, 0.2) is 65.5 Å². The molecular formula is C26H29N3O2. The van der Waals surface area contributed by atoms with Crippen molar-refractivity contribution in [3.8, 4) is 0 Å². The minimum atomic E-state index is -0.402. The Morgan fingerprint density at radius 2 is 1.77 bits per heavy atom. The summed E-state index contributed by atoms with van der Waals surface area (Å²) in [6, 6.07) is 20.6. The number of β-amino-alcohol motifs (C(OH)–C–C–N with tert-alkyl or cyclic N) is 1. The smallest absolute Gasteiger partial charge is 0.255 e. The molecule has 1 aliphatic heterocycles. The summed E-state index contributed by atoms with van der Waals surface area (Å²) in [5, 5.41) is 10.5. The molecule has 0 saturated heterocycles. The van der Waals surface area contributed by atoms with E-state index in [1.807, 2.05) is 36.4 Å². The Hall–Kier alpha value is -2.76. The fourth-order valence-electron chi connectivity index (χ4n) is 4.78.